The average Bonchev–Trinajstić information content (AvgIpc) is 2.71. The van der Waals surface area contributed by atoms with Crippen LogP contribution in [0.5, 0.6) is 0 Å². The lowest BCUT2D eigenvalue weighted by atomic mass is 10.0. The first-order valence-corrected chi connectivity index (χ1v) is 10.4. The predicted molar refractivity (Wildman–Crippen MR) is 121 cm³/mol. The molecule has 4 rings (SSSR count). The Morgan fingerprint density at radius 2 is 1.93 bits per heavy atom. The molecule has 3 aromatic rings. The lowest BCUT2D eigenvalue weighted by Gasteiger charge is -2.32. The van der Waals surface area contributed by atoms with E-state index in [0.29, 0.717) is 16.6 Å². The van der Waals surface area contributed by atoms with Crippen molar-refractivity contribution in [3.05, 3.63) is 81.2 Å². The highest BCUT2D eigenvalue weighted by atomic mass is 35.5. The zero-order valence-electron chi connectivity index (χ0n) is 16.5. The molecule has 1 aliphatic rings. The zero-order chi connectivity index (χ0) is 20.2. The first kappa shape index (κ1) is 19.7. The van der Waals surface area contributed by atoms with E-state index in [2.05, 4.69) is 46.6 Å². The van der Waals surface area contributed by atoms with E-state index in [9.17, 15) is 4.79 Å². The fraction of sp³-hybridized carbons (Fsp3) is 0.292. The van der Waals surface area contributed by atoms with E-state index >= 15 is 0 Å². The van der Waals surface area contributed by atoms with Gasteiger partial charge in [-0.2, -0.15) is 0 Å². The Morgan fingerprint density at radius 1 is 1.17 bits per heavy atom. The van der Waals surface area contributed by atoms with Crippen molar-refractivity contribution in [1.82, 2.24) is 4.90 Å². The van der Waals surface area contributed by atoms with E-state index in [1.807, 2.05) is 25.1 Å². The largest absolute Gasteiger partial charge is 0.423 e. The van der Waals surface area contributed by atoms with Gasteiger partial charge in [-0.3, -0.25) is 4.90 Å². The summed E-state index contributed by atoms with van der Waals surface area (Å²) in [6, 6.07) is 15.9. The fourth-order valence-corrected chi connectivity index (χ4v) is 3.95. The molecule has 0 radical (unpaired) electrons. The van der Waals surface area contributed by atoms with Gasteiger partial charge in [0.2, 0.25) is 0 Å². The molecule has 1 N–H and O–H groups in total. The SMILES string of the molecule is Cc1cc2oc(=O)cc(NC3CCN(C/C=C/c4ccccc4)CC3)c2cc1Cl. The minimum Gasteiger partial charge on any atom is -0.423 e. The number of anilines is 1. The molecule has 2 heterocycles. The van der Waals surface area contributed by atoms with Gasteiger partial charge in [0.25, 0.3) is 0 Å². The summed E-state index contributed by atoms with van der Waals surface area (Å²) in [5.74, 6) is 0. The second-order valence-corrected chi connectivity index (χ2v) is 8.02. The molecule has 0 bridgehead atoms. The summed E-state index contributed by atoms with van der Waals surface area (Å²) in [5, 5.41) is 5.08. The number of hydrogen-bond donors (Lipinski definition) is 1. The summed E-state index contributed by atoms with van der Waals surface area (Å²) < 4.78 is 5.36. The lowest BCUT2D eigenvalue weighted by molar-refractivity contribution is 0.240. The molecule has 0 atom stereocenters. The summed E-state index contributed by atoms with van der Waals surface area (Å²) in [4.78, 5) is 14.4. The van der Waals surface area contributed by atoms with Crippen LogP contribution < -0.4 is 10.9 Å². The van der Waals surface area contributed by atoms with Crippen molar-refractivity contribution in [2.75, 3.05) is 25.0 Å². The van der Waals surface area contributed by atoms with E-state index < -0.39 is 0 Å². The number of nitrogens with one attached hydrogen (secondary N) is 1. The number of nitrogens with zero attached hydrogens (tertiary/aromatic N) is 1. The van der Waals surface area contributed by atoms with E-state index in [-0.39, 0.29) is 5.63 Å². The van der Waals surface area contributed by atoms with Gasteiger partial charge >= 0.3 is 5.63 Å². The number of halogens is 1. The second-order valence-electron chi connectivity index (χ2n) is 7.61. The van der Waals surface area contributed by atoms with Gasteiger partial charge in [-0.25, -0.2) is 4.79 Å². The van der Waals surface area contributed by atoms with E-state index in [1.54, 1.807) is 0 Å². The minimum absolute atomic E-state index is 0.328. The van der Waals surface area contributed by atoms with Crippen molar-refractivity contribution in [2.24, 2.45) is 0 Å². The van der Waals surface area contributed by atoms with E-state index in [0.717, 1.165) is 49.1 Å². The van der Waals surface area contributed by atoms with Gasteiger partial charge in [-0.15, -0.1) is 0 Å². The molecule has 150 valence electrons. The number of hydrogen-bond acceptors (Lipinski definition) is 4. The van der Waals surface area contributed by atoms with Crippen LogP contribution in [0.1, 0.15) is 24.0 Å². The summed E-state index contributed by atoms with van der Waals surface area (Å²) >= 11 is 6.29. The van der Waals surface area contributed by atoms with Crippen molar-refractivity contribution in [1.29, 1.82) is 0 Å². The Kier molecular flexibility index (Phi) is 6.02. The Balaban J connectivity index is 1.38. The van der Waals surface area contributed by atoms with Crippen LogP contribution in [0.15, 0.2) is 63.8 Å². The highest BCUT2D eigenvalue weighted by molar-refractivity contribution is 6.32. The van der Waals surface area contributed by atoms with Crippen molar-refractivity contribution in [2.45, 2.75) is 25.8 Å². The topological polar surface area (TPSA) is 45.5 Å². The highest BCUT2D eigenvalue weighted by Crippen LogP contribution is 2.29. The van der Waals surface area contributed by atoms with Gasteiger partial charge in [0.05, 0.1) is 5.69 Å². The number of fused-ring (bicyclic) bond motifs is 1. The van der Waals surface area contributed by atoms with Crippen molar-refractivity contribution in [3.63, 3.8) is 0 Å². The van der Waals surface area contributed by atoms with Crippen LogP contribution in [0.4, 0.5) is 5.69 Å². The number of aryl methyl sites for hydroxylation is 1. The molecular formula is C24H25ClN2O2. The maximum absolute atomic E-state index is 12.0. The second kappa shape index (κ2) is 8.85. The lowest BCUT2D eigenvalue weighted by Crippen LogP contribution is -2.39. The van der Waals surface area contributed by atoms with Crippen LogP contribution in [0.25, 0.3) is 17.0 Å². The number of piperidine rings is 1. The quantitative estimate of drug-likeness (QED) is 0.578. The van der Waals surface area contributed by atoms with Crippen LogP contribution in [-0.4, -0.2) is 30.6 Å². The Morgan fingerprint density at radius 3 is 2.69 bits per heavy atom. The first-order valence-electron chi connectivity index (χ1n) is 10.0. The molecule has 1 aliphatic heterocycles. The summed E-state index contributed by atoms with van der Waals surface area (Å²) in [5.41, 5.74) is 3.17. The van der Waals surface area contributed by atoms with Gasteiger partial charge in [0, 0.05) is 42.2 Å². The Bertz CT molecular complexity index is 1070. The molecule has 4 nitrogen and oxygen atoms in total. The normalized spacial score (nSPS) is 15.9. The van der Waals surface area contributed by atoms with Crippen molar-refractivity contribution >= 4 is 34.3 Å². The standard InChI is InChI=1S/C24H25ClN2O2/c1-17-14-23-20(15-21(17)25)22(16-24(28)29-23)26-19-9-12-27(13-10-19)11-5-8-18-6-3-2-4-7-18/h2-8,14-16,19,26H,9-13H2,1H3/b8-5+. The molecule has 2 aromatic carbocycles. The van der Waals surface area contributed by atoms with Crippen molar-refractivity contribution in [3.8, 4) is 0 Å². The van der Waals surface area contributed by atoms with E-state index in [4.69, 9.17) is 16.0 Å². The minimum atomic E-state index is -0.342. The van der Waals surface area contributed by atoms with E-state index in [1.165, 1.54) is 11.6 Å². The van der Waals surface area contributed by atoms with Crippen LogP contribution in [-0.2, 0) is 0 Å². The molecule has 1 aromatic heterocycles. The third-order valence-corrected chi connectivity index (χ3v) is 5.85. The fourth-order valence-electron chi connectivity index (χ4n) is 3.78. The Labute approximate surface area is 175 Å². The highest BCUT2D eigenvalue weighted by Gasteiger charge is 2.19. The maximum atomic E-state index is 12.0. The molecular weight excluding hydrogens is 384 g/mol. The molecule has 0 amide bonds. The molecule has 5 heteroatoms. The molecule has 0 unspecified atom stereocenters. The number of rotatable bonds is 5. The van der Waals surface area contributed by atoms with Gasteiger partial charge in [0.1, 0.15) is 5.58 Å². The average molecular weight is 409 g/mol. The smallest absolute Gasteiger partial charge is 0.338 e. The molecule has 0 saturated carbocycles. The van der Waals surface area contributed by atoms with Crippen molar-refractivity contribution < 1.29 is 4.42 Å². The third-order valence-electron chi connectivity index (χ3n) is 5.44. The molecule has 29 heavy (non-hydrogen) atoms. The third kappa shape index (κ3) is 4.89. The Hall–Kier alpha value is -2.56. The summed E-state index contributed by atoms with van der Waals surface area (Å²) in [7, 11) is 0. The zero-order valence-corrected chi connectivity index (χ0v) is 17.3. The monoisotopic (exact) mass is 408 g/mol. The number of benzene rings is 2. The van der Waals surface area contributed by atoms with Crippen LogP contribution in [0, 0.1) is 6.92 Å². The molecule has 1 saturated heterocycles. The summed E-state index contributed by atoms with van der Waals surface area (Å²) in [6.07, 6.45) is 6.45. The molecule has 0 spiro atoms. The van der Waals surface area contributed by atoms with Gasteiger partial charge in [0.15, 0.2) is 0 Å². The summed E-state index contributed by atoms with van der Waals surface area (Å²) in [6.45, 7) is 4.91. The molecule has 1 fully saturated rings. The predicted octanol–water partition coefficient (Wildman–Crippen LogP) is 5.34. The van der Waals surface area contributed by atoms with Crippen LogP contribution >= 0.6 is 11.6 Å². The van der Waals surface area contributed by atoms with Gasteiger partial charge in [-0.1, -0.05) is 54.1 Å². The van der Waals surface area contributed by atoms with Crippen LogP contribution in [0.3, 0.4) is 0 Å². The number of likely N-dealkylation sites (tertiary alicyclic amines) is 1. The first-order chi connectivity index (χ1) is 14.1. The van der Waals surface area contributed by atoms with Crippen LogP contribution in [0.2, 0.25) is 5.02 Å². The van der Waals surface area contributed by atoms with Gasteiger partial charge < -0.3 is 9.73 Å². The molecule has 0 aliphatic carbocycles. The van der Waals surface area contributed by atoms with Gasteiger partial charge in [-0.05, 0) is 43.0 Å². The maximum Gasteiger partial charge on any atom is 0.338 e.